The Labute approximate surface area is 146 Å². The topological polar surface area (TPSA) is 82.7 Å². The van der Waals surface area contributed by atoms with E-state index in [4.69, 9.17) is 9.97 Å². The van der Waals surface area contributed by atoms with Gasteiger partial charge in [0.05, 0.1) is 16.8 Å². The molecule has 25 heavy (non-hydrogen) atoms. The van der Waals surface area contributed by atoms with E-state index in [0.29, 0.717) is 6.54 Å². The van der Waals surface area contributed by atoms with Gasteiger partial charge in [0.15, 0.2) is 0 Å². The number of carbonyl (C=O) groups excluding carboxylic acids is 1. The number of amides is 1. The Morgan fingerprint density at radius 2 is 2.04 bits per heavy atom. The van der Waals surface area contributed by atoms with Gasteiger partial charge in [-0.15, -0.1) is 0 Å². The van der Waals surface area contributed by atoms with E-state index in [9.17, 15) is 4.79 Å². The van der Waals surface area contributed by atoms with Gasteiger partial charge in [-0.25, -0.2) is 9.97 Å². The van der Waals surface area contributed by atoms with Crippen molar-refractivity contribution in [2.75, 3.05) is 11.9 Å². The van der Waals surface area contributed by atoms with E-state index in [1.165, 1.54) is 0 Å². The van der Waals surface area contributed by atoms with Gasteiger partial charge in [0.2, 0.25) is 0 Å². The predicted octanol–water partition coefficient (Wildman–Crippen LogP) is 3.04. The van der Waals surface area contributed by atoms with Crippen LogP contribution in [0.4, 0.5) is 5.82 Å². The van der Waals surface area contributed by atoms with Crippen LogP contribution in [-0.2, 0) is 6.42 Å². The van der Waals surface area contributed by atoms with Gasteiger partial charge in [0.25, 0.3) is 5.91 Å². The highest BCUT2D eigenvalue weighted by Crippen LogP contribution is 2.30. The average Bonchev–Trinajstić information content (AvgIpc) is 3.00. The fourth-order valence-electron chi connectivity index (χ4n) is 3.23. The molecule has 4 rings (SSSR count). The second-order valence-electron chi connectivity index (χ2n) is 6.71. The molecule has 0 bridgehead atoms. The van der Waals surface area contributed by atoms with Crippen LogP contribution in [0.5, 0.6) is 0 Å². The Bertz CT molecular complexity index is 973. The summed E-state index contributed by atoms with van der Waals surface area (Å²) >= 11 is 0. The molecule has 0 aliphatic carbocycles. The molecule has 0 fully saturated rings. The first-order chi connectivity index (χ1) is 12.0. The third-order valence-electron chi connectivity index (χ3n) is 4.39. The molecule has 1 aliphatic rings. The van der Waals surface area contributed by atoms with Crippen LogP contribution in [0.25, 0.3) is 22.3 Å². The zero-order valence-electron chi connectivity index (χ0n) is 14.6. The van der Waals surface area contributed by atoms with Crippen molar-refractivity contribution < 1.29 is 4.79 Å². The van der Waals surface area contributed by atoms with Crippen LogP contribution in [0.3, 0.4) is 0 Å². The summed E-state index contributed by atoms with van der Waals surface area (Å²) in [7, 11) is 0. The summed E-state index contributed by atoms with van der Waals surface area (Å²) in [5.74, 6) is 0.775. The molecular weight excluding hydrogens is 314 g/mol. The van der Waals surface area contributed by atoms with Gasteiger partial charge in [0.1, 0.15) is 11.3 Å². The fraction of sp³-hybridized carbons (Fsp3) is 0.316. The van der Waals surface area contributed by atoms with E-state index in [2.05, 4.69) is 29.5 Å². The molecule has 6 heteroatoms. The number of hydrogen-bond acceptors (Lipinski definition) is 4. The summed E-state index contributed by atoms with van der Waals surface area (Å²) in [5.41, 5.74) is 6.12. The smallest absolute Gasteiger partial charge is 0.253 e. The minimum Gasteiger partial charge on any atom is -0.366 e. The molecular formula is C19H21N5O. The maximum atomic E-state index is 12.0. The van der Waals surface area contributed by atoms with E-state index in [-0.39, 0.29) is 11.9 Å². The molecule has 1 aromatic carbocycles. The van der Waals surface area contributed by atoms with Gasteiger partial charge < -0.3 is 15.6 Å². The first-order valence-electron chi connectivity index (χ1n) is 8.57. The lowest BCUT2D eigenvalue weighted by molar-refractivity contribution is 0.0946. The number of para-hydroxylation sites is 1. The zero-order valence-corrected chi connectivity index (χ0v) is 14.6. The third kappa shape index (κ3) is 2.73. The molecule has 0 unspecified atom stereocenters. The monoisotopic (exact) mass is 335 g/mol. The number of aromatic amines is 1. The summed E-state index contributed by atoms with van der Waals surface area (Å²) in [6, 6.07) is 8.14. The summed E-state index contributed by atoms with van der Waals surface area (Å²) in [5, 5.41) is 6.23. The van der Waals surface area contributed by atoms with Gasteiger partial charge in [-0.05, 0) is 32.9 Å². The van der Waals surface area contributed by atoms with Crippen molar-refractivity contribution in [3.8, 4) is 11.3 Å². The highest BCUT2D eigenvalue weighted by Gasteiger charge is 2.21. The molecule has 0 spiro atoms. The van der Waals surface area contributed by atoms with E-state index in [0.717, 1.165) is 51.5 Å². The predicted molar refractivity (Wildman–Crippen MR) is 98.9 cm³/mol. The molecule has 128 valence electrons. The average molecular weight is 335 g/mol. The van der Waals surface area contributed by atoms with E-state index in [1.54, 1.807) is 0 Å². The van der Waals surface area contributed by atoms with E-state index < -0.39 is 0 Å². The van der Waals surface area contributed by atoms with Gasteiger partial charge in [-0.1, -0.05) is 12.1 Å². The van der Waals surface area contributed by atoms with Crippen molar-refractivity contribution in [3.63, 3.8) is 0 Å². The number of fused-ring (bicyclic) bond motifs is 2. The summed E-state index contributed by atoms with van der Waals surface area (Å²) in [6.45, 7) is 6.79. The van der Waals surface area contributed by atoms with Gasteiger partial charge >= 0.3 is 0 Å². The van der Waals surface area contributed by atoms with Crippen molar-refractivity contribution in [1.29, 1.82) is 0 Å². The molecule has 3 aromatic rings. The second kappa shape index (κ2) is 5.88. The second-order valence-corrected chi connectivity index (χ2v) is 6.71. The van der Waals surface area contributed by atoms with Crippen LogP contribution in [0.1, 0.15) is 35.6 Å². The molecule has 1 amide bonds. The number of aromatic nitrogens is 3. The number of aryl methyl sites for hydroxylation is 1. The number of carbonyl (C=O) groups is 1. The van der Waals surface area contributed by atoms with Crippen LogP contribution in [0.2, 0.25) is 0 Å². The van der Waals surface area contributed by atoms with E-state index in [1.807, 2.05) is 31.2 Å². The lowest BCUT2D eigenvalue weighted by Gasteiger charge is -2.13. The number of anilines is 1. The first kappa shape index (κ1) is 15.6. The summed E-state index contributed by atoms with van der Waals surface area (Å²) in [6.07, 6.45) is 0.816. The van der Waals surface area contributed by atoms with Crippen LogP contribution in [-0.4, -0.2) is 33.4 Å². The van der Waals surface area contributed by atoms with Gasteiger partial charge in [0, 0.05) is 36.0 Å². The Morgan fingerprint density at radius 1 is 1.20 bits per heavy atom. The molecule has 0 atom stereocenters. The number of nitrogens with one attached hydrogen (secondary N) is 3. The Hall–Kier alpha value is -2.89. The number of rotatable bonds is 3. The largest absolute Gasteiger partial charge is 0.366 e. The van der Waals surface area contributed by atoms with Crippen LogP contribution in [0.15, 0.2) is 24.3 Å². The first-order valence-corrected chi connectivity index (χ1v) is 8.57. The van der Waals surface area contributed by atoms with Crippen molar-refractivity contribution in [3.05, 3.63) is 41.2 Å². The van der Waals surface area contributed by atoms with Crippen LogP contribution < -0.4 is 10.6 Å². The standard InChI is InChI=1S/C19H21N5O/c1-10(2)21-18-11(3)22-15-6-4-5-12(17(15)24-18)16-9-13-14(23-16)7-8-20-19(13)25/h4-6,9-10,23H,7-8H2,1-3H3,(H,20,25)(H,21,24). The summed E-state index contributed by atoms with van der Waals surface area (Å²) < 4.78 is 0. The zero-order chi connectivity index (χ0) is 17.6. The lowest BCUT2D eigenvalue weighted by atomic mass is 10.1. The molecule has 2 aromatic heterocycles. The Morgan fingerprint density at radius 3 is 2.80 bits per heavy atom. The lowest BCUT2D eigenvalue weighted by Crippen LogP contribution is -2.31. The Balaban J connectivity index is 1.88. The maximum Gasteiger partial charge on any atom is 0.253 e. The number of hydrogen-bond donors (Lipinski definition) is 3. The van der Waals surface area contributed by atoms with E-state index >= 15 is 0 Å². The van der Waals surface area contributed by atoms with Crippen molar-refractivity contribution in [2.45, 2.75) is 33.2 Å². The van der Waals surface area contributed by atoms with Gasteiger partial charge in [-0.3, -0.25) is 4.79 Å². The SMILES string of the molecule is Cc1nc2cccc(-c3cc4c([nH]3)CCNC4=O)c2nc1NC(C)C. The molecule has 0 saturated heterocycles. The van der Waals surface area contributed by atoms with Crippen molar-refractivity contribution in [2.24, 2.45) is 0 Å². The van der Waals surface area contributed by atoms with Crippen molar-refractivity contribution >= 4 is 22.8 Å². The normalized spacial score (nSPS) is 13.8. The highest BCUT2D eigenvalue weighted by molar-refractivity contribution is 5.99. The molecule has 3 N–H and O–H groups in total. The third-order valence-corrected chi connectivity index (χ3v) is 4.39. The quantitative estimate of drug-likeness (QED) is 0.687. The van der Waals surface area contributed by atoms with Gasteiger partial charge in [-0.2, -0.15) is 0 Å². The highest BCUT2D eigenvalue weighted by atomic mass is 16.1. The molecule has 0 radical (unpaired) electrons. The molecule has 1 aliphatic heterocycles. The van der Waals surface area contributed by atoms with Crippen LogP contribution in [0, 0.1) is 6.92 Å². The fourth-order valence-corrected chi connectivity index (χ4v) is 3.23. The van der Waals surface area contributed by atoms with Crippen LogP contribution >= 0.6 is 0 Å². The minimum absolute atomic E-state index is 0.0203. The Kier molecular flexibility index (Phi) is 3.67. The number of nitrogens with zero attached hydrogens (tertiary/aromatic N) is 2. The number of benzene rings is 1. The minimum atomic E-state index is -0.0203. The molecule has 3 heterocycles. The molecule has 6 nitrogen and oxygen atoms in total. The number of H-pyrrole nitrogens is 1. The van der Waals surface area contributed by atoms with Crippen molar-refractivity contribution in [1.82, 2.24) is 20.3 Å². The maximum absolute atomic E-state index is 12.0. The molecule has 0 saturated carbocycles. The summed E-state index contributed by atoms with van der Waals surface area (Å²) in [4.78, 5) is 25.0.